The van der Waals surface area contributed by atoms with Crippen LogP contribution in [0.25, 0.3) is 0 Å². The first-order valence-electron chi connectivity index (χ1n) is 6.25. The number of carbonyl (C=O) groups excluding carboxylic acids is 3. The van der Waals surface area contributed by atoms with Gasteiger partial charge in [-0.05, 0) is 39.5 Å². The minimum atomic E-state index is -0.993. The van der Waals surface area contributed by atoms with Crippen LogP contribution in [0, 0.1) is 0 Å². The summed E-state index contributed by atoms with van der Waals surface area (Å²) in [4.78, 5) is 31.5. The summed E-state index contributed by atoms with van der Waals surface area (Å²) in [6, 6.07) is 0. The van der Waals surface area contributed by atoms with Gasteiger partial charge in [0.25, 0.3) is 0 Å². The van der Waals surface area contributed by atoms with Crippen molar-refractivity contribution in [2.24, 2.45) is 0 Å². The van der Waals surface area contributed by atoms with E-state index in [9.17, 15) is 29.7 Å². The Kier molecular flexibility index (Phi) is 30.1. The van der Waals surface area contributed by atoms with Gasteiger partial charge in [0.15, 0.2) is 0 Å². The van der Waals surface area contributed by atoms with Gasteiger partial charge in [0.2, 0.25) is 0 Å². The van der Waals surface area contributed by atoms with Gasteiger partial charge in [-0.25, -0.2) is 0 Å². The number of aliphatic carboxylic acids is 3. The molecule has 0 fully saturated rings. The van der Waals surface area contributed by atoms with E-state index in [2.05, 4.69) is 4.94 Å². The molecule has 6 nitrogen and oxygen atoms in total. The Labute approximate surface area is 165 Å². The van der Waals surface area contributed by atoms with E-state index in [1.807, 2.05) is 0 Å². The second-order valence-electron chi connectivity index (χ2n) is 3.59. The third-order valence-corrected chi connectivity index (χ3v) is 4.76. The van der Waals surface area contributed by atoms with E-state index in [0.717, 1.165) is 0 Å². The van der Waals surface area contributed by atoms with Crippen molar-refractivity contribution in [3.05, 3.63) is 0 Å². The molecule has 23 heavy (non-hydrogen) atoms. The van der Waals surface area contributed by atoms with Crippen LogP contribution in [0.2, 0.25) is 4.94 Å². The molecule has 0 aromatic rings. The zero-order chi connectivity index (χ0) is 19.6. The first kappa shape index (κ1) is 31.1. The van der Waals surface area contributed by atoms with Crippen LogP contribution in [-0.4, -0.2) is 74.9 Å². The number of rotatable bonds is 6. The Hall–Kier alpha value is 0.259. The van der Waals surface area contributed by atoms with Crippen molar-refractivity contribution < 1.29 is 29.7 Å². The van der Waals surface area contributed by atoms with Gasteiger partial charge < -0.3 is 29.7 Å². The molecule has 10 heteroatoms. The number of hydrogen-bond donors (Lipinski definition) is 0. The molecule has 0 N–H and O–H groups in total. The van der Waals surface area contributed by atoms with Crippen LogP contribution in [0.4, 0.5) is 0 Å². The molecule has 0 amide bonds. The fraction of sp³-hybridized carbons (Fsp3) is 0.769. The van der Waals surface area contributed by atoms with Crippen LogP contribution in [0.5, 0.6) is 0 Å². The first-order valence-corrected chi connectivity index (χ1v) is 13.0. The molecule has 0 heterocycles. The number of carbonyl (C=O) groups is 3. The molecular formula is C13H24O6S3Sn. The zero-order valence-corrected chi connectivity index (χ0v) is 19.7. The zero-order valence-electron chi connectivity index (χ0n) is 14.4. The molecule has 0 aromatic heterocycles. The summed E-state index contributed by atoms with van der Waals surface area (Å²) in [5, 5.41) is 28.3. The second kappa shape index (κ2) is 22.3. The number of carboxylic acid groups (broad SMARTS) is 3. The van der Waals surface area contributed by atoms with E-state index in [4.69, 9.17) is 0 Å². The first-order chi connectivity index (χ1) is 10.5. The molecule has 3 unspecified atom stereocenters. The number of hydrogen-bond acceptors (Lipinski definition) is 9. The molecule has 0 aliphatic carbocycles. The summed E-state index contributed by atoms with van der Waals surface area (Å²) in [7, 11) is 0. The Morgan fingerprint density at radius 1 is 0.652 bits per heavy atom. The van der Waals surface area contributed by atoms with Crippen LogP contribution in [0.3, 0.4) is 0 Å². The fourth-order valence-electron chi connectivity index (χ4n) is 0.289. The Morgan fingerprint density at radius 3 is 0.783 bits per heavy atom. The normalized spacial score (nSPS) is 12.6. The average Bonchev–Trinajstić information content (AvgIpc) is 2.54. The molecule has 0 rings (SSSR count). The van der Waals surface area contributed by atoms with E-state index in [0.29, 0.717) is 0 Å². The fourth-order valence-corrected chi connectivity index (χ4v) is 0.866. The molecular weight excluding hydrogens is 467 g/mol. The van der Waals surface area contributed by atoms with Crippen LogP contribution >= 0.6 is 35.3 Å². The average molecular weight is 491 g/mol. The van der Waals surface area contributed by atoms with E-state index < -0.39 is 17.9 Å². The van der Waals surface area contributed by atoms with Crippen LogP contribution in [0.1, 0.15) is 20.8 Å². The minimum absolute atomic E-state index is 0.375. The van der Waals surface area contributed by atoms with E-state index in [1.165, 1.54) is 35.3 Å². The van der Waals surface area contributed by atoms with Crippen molar-refractivity contribution in [2.75, 3.05) is 18.8 Å². The van der Waals surface area contributed by atoms with Crippen molar-refractivity contribution in [1.29, 1.82) is 0 Å². The van der Waals surface area contributed by atoms with Crippen LogP contribution in [-0.2, 0) is 14.4 Å². The van der Waals surface area contributed by atoms with E-state index in [1.54, 1.807) is 62.1 Å². The van der Waals surface area contributed by atoms with Gasteiger partial charge in [-0.3, -0.25) is 0 Å². The maximum absolute atomic E-state index is 9.80. The van der Waals surface area contributed by atoms with Crippen molar-refractivity contribution in [2.45, 2.75) is 41.5 Å². The van der Waals surface area contributed by atoms with E-state index >= 15 is 0 Å². The summed E-state index contributed by atoms with van der Waals surface area (Å²) in [6.07, 6.45) is 5.21. The van der Waals surface area contributed by atoms with Crippen LogP contribution < -0.4 is 15.3 Å². The third kappa shape index (κ3) is 27.4. The van der Waals surface area contributed by atoms with Gasteiger partial charge in [0.1, 0.15) is 0 Å². The molecule has 0 saturated heterocycles. The van der Waals surface area contributed by atoms with Crippen molar-refractivity contribution in [1.82, 2.24) is 0 Å². The van der Waals surface area contributed by atoms with Gasteiger partial charge in [-0.2, -0.15) is 35.3 Å². The predicted molar refractivity (Wildman–Crippen MR) is 95.6 cm³/mol. The van der Waals surface area contributed by atoms with E-state index in [-0.39, 0.29) is 15.7 Å². The summed E-state index contributed by atoms with van der Waals surface area (Å²) >= 11 is 5.36. The monoisotopic (exact) mass is 492 g/mol. The molecule has 0 aromatic carbocycles. The van der Waals surface area contributed by atoms with Gasteiger partial charge in [0, 0.05) is 15.7 Å². The molecule has 134 valence electrons. The van der Waals surface area contributed by atoms with Gasteiger partial charge in [0.05, 0.1) is 17.9 Å². The molecule has 0 aliphatic rings. The van der Waals surface area contributed by atoms with Gasteiger partial charge in [-0.1, -0.05) is 0 Å². The van der Waals surface area contributed by atoms with Gasteiger partial charge >= 0.3 is 27.5 Å². The predicted octanol–water partition coefficient (Wildman–Crippen LogP) is -1.33. The van der Waals surface area contributed by atoms with Crippen molar-refractivity contribution >= 4 is 75.7 Å². The quantitative estimate of drug-likeness (QED) is 0.416. The molecule has 0 radical (unpaired) electrons. The Balaban J connectivity index is -0.000000111. The SMILES string of the molecule is CSC(C)C(=O)[O-].CSC(C)C(=O)[O-].CSC(C)C(=O)[O-].[CH3][Sn+3]. The summed E-state index contributed by atoms with van der Waals surface area (Å²) in [5.74, 6) is -2.98. The molecule has 3 atom stereocenters. The van der Waals surface area contributed by atoms with Crippen molar-refractivity contribution in [3.63, 3.8) is 0 Å². The second-order valence-corrected chi connectivity index (χ2v) is 7.13. The summed E-state index contributed by atoms with van der Waals surface area (Å²) in [6.45, 7) is 4.79. The molecule has 0 aliphatic heterocycles. The molecule has 0 bridgehead atoms. The summed E-state index contributed by atoms with van der Waals surface area (Å²) < 4.78 is 0. The Bertz CT molecular complexity index is 271. The summed E-state index contributed by atoms with van der Waals surface area (Å²) in [5.41, 5.74) is 0. The molecule has 0 spiro atoms. The van der Waals surface area contributed by atoms with Crippen LogP contribution in [0.15, 0.2) is 0 Å². The topological polar surface area (TPSA) is 120 Å². The van der Waals surface area contributed by atoms with Crippen molar-refractivity contribution in [3.8, 4) is 0 Å². The van der Waals surface area contributed by atoms with Gasteiger partial charge in [-0.15, -0.1) is 0 Å². The molecule has 0 saturated carbocycles. The standard InChI is InChI=1S/3C4H8O2S.CH3.Sn/c3*1-3(7-2)4(5)6;;/h3*3H,1-2H3,(H,5,6);1H3;/q;;;;+3/p-3. The number of thioether (sulfide) groups is 3. The Morgan fingerprint density at radius 2 is 0.783 bits per heavy atom. The number of carboxylic acids is 3. The maximum atomic E-state index is 9.80. The third-order valence-electron chi connectivity index (χ3n) is 2.06.